The summed E-state index contributed by atoms with van der Waals surface area (Å²) in [6, 6.07) is 19.1. The summed E-state index contributed by atoms with van der Waals surface area (Å²) in [5, 5.41) is 1.28. The van der Waals surface area contributed by atoms with Gasteiger partial charge in [-0.15, -0.1) is 0 Å². The minimum Gasteiger partial charge on any atom is -0.360 e. The van der Waals surface area contributed by atoms with Gasteiger partial charge in [0.25, 0.3) is 5.91 Å². The molecule has 4 nitrogen and oxygen atoms in total. The van der Waals surface area contributed by atoms with Crippen LogP contribution in [0.3, 0.4) is 0 Å². The van der Waals surface area contributed by atoms with Gasteiger partial charge in [0.15, 0.2) is 6.54 Å². The molecule has 1 aromatic heterocycles. The van der Waals surface area contributed by atoms with Crippen LogP contribution in [0.2, 0.25) is 0 Å². The number of anilines is 1. The maximum Gasteiger partial charge on any atom is 0.286 e. The van der Waals surface area contributed by atoms with Crippen LogP contribution in [-0.4, -0.2) is 43.2 Å². The summed E-state index contributed by atoms with van der Waals surface area (Å²) in [7, 11) is 0. The largest absolute Gasteiger partial charge is 0.360 e. The molecular weight excluding hydrogens is 358 g/mol. The summed E-state index contributed by atoms with van der Waals surface area (Å²) >= 11 is 0. The Morgan fingerprint density at radius 1 is 1.03 bits per heavy atom. The lowest BCUT2D eigenvalue weighted by atomic mass is 9.88. The lowest BCUT2D eigenvalue weighted by Gasteiger charge is -2.33. The highest BCUT2D eigenvalue weighted by Gasteiger charge is 2.28. The first-order chi connectivity index (χ1) is 14.2. The molecule has 0 amide bonds. The van der Waals surface area contributed by atoms with E-state index >= 15 is 0 Å². The predicted molar refractivity (Wildman–Crippen MR) is 118 cm³/mol. The molecule has 29 heavy (non-hydrogen) atoms. The molecule has 1 aliphatic heterocycles. The molecule has 1 fully saturated rings. The van der Waals surface area contributed by atoms with Gasteiger partial charge >= 0.3 is 0 Å². The van der Waals surface area contributed by atoms with Crippen LogP contribution in [-0.2, 0) is 12.8 Å². The minimum absolute atomic E-state index is 0.264. The lowest BCUT2D eigenvalue weighted by molar-refractivity contribution is -0.892. The fourth-order valence-corrected chi connectivity index (χ4v) is 5.16. The molecule has 150 valence electrons. The first kappa shape index (κ1) is 18.4. The zero-order valence-electron chi connectivity index (χ0n) is 17.2. The average molecular weight is 389 g/mol. The van der Waals surface area contributed by atoms with Crippen molar-refractivity contribution in [1.29, 1.82) is 0 Å². The number of rotatable bonds is 3. The van der Waals surface area contributed by atoms with Crippen molar-refractivity contribution in [2.45, 2.75) is 26.2 Å². The monoisotopic (exact) mass is 388 g/mol. The lowest BCUT2D eigenvalue weighted by Crippen LogP contribution is -3.15. The summed E-state index contributed by atoms with van der Waals surface area (Å²) in [5.74, 6) is 0.966. The van der Waals surface area contributed by atoms with Crippen molar-refractivity contribution in [2.24, 2.45) is 5.92 Å². The molecule has 5 rings (SSSR count). The maximum atomic E-state index is 13.4. The van der Waals surface area contributed by atoms with Crippen molar-refractivity contribution < 1.29 is 9.69 Å². The molecule has 1 saturated heterocycles. The second-order valence-corrected chi connectivity index (χ2v) is 8.77. The number of hydrogen-bond acceptors (Lipinski definition) is 2. The van der Waals surface area contributed by atoms with Crippen molar-refractivity contribution in [1.82, 2.24) is 4.57 Å². The number of nitrogens with one attached hydrogen (secondary N) is 1. The van der Waals surface area contributed by atoms with Crippen LogP contribution in [0.4, 0.5) is 5.69 Å². The summed E-state index contributed by atoms with van der Waals surface area (Å²) in [6.07, 6.45) is 3.30. The fourth-order valence-electron chi connectivity index (χ4n) is 5.16. The van der Waals surface area contributed by atoms with E-state index in [0.29, 0.717) is 12.5 Å². The number of para-hydroxylation sites is 2. The summed E-state index contributed by atoms with van der Waals surface area (Å²) in [6.45, 7) is 6.96. The molecule has 0 bridgehead atoms. The highest BCUT2D eigenvalue weighted by Crippen LogP contribution is 2.34. The van der Waals surface area contributed by atoms with Crippen LogP contribution in [0, 0.1) is 5.92 Å². The molecule has 1 N–H and O–H groups in total. The Morgan fingerprint density at radius 3 is 2.55 bits per heavy atom. The van der Waals surface area contributed by atoms with Crippen LogP contribution in [0.5, 0.6) is 0 Å². The Balaban J connectivity index is 1.34. The molecule has 3 aromatic rings. The van der Waals surface area contributed by atoms with Crippen molar-refractivity contribution in [3.8, 4) is 0 Å². The summed E-state index contributed by atoms with van der Waals surface area (Å²) in [4.78, 5) is 17.3. The van der Waals surface area contributed by atoms with Crippen molar-refractivity contribution in [3.05, 3.63) is 65.9 Å². The van der Waals surface area contributed by atoms with Gasteiger partial charge in [-0.2, -0.15) is 0 Å². The zero-order valence-corrected chi connectivity index (χ0v) is 17.2. The zero-order chi connectivity index (χ0) is 19.8. The normalized spacial score (nSPS) is 20.0. The highest BCUT2D eigenvalue weighted by molar-refractivity contribution is 5.96. The number of hydrogen-bond donors (Lipinski definition) is 1. The van der Waals surface area contributed by atoms with Gasteiger partial charge in [-0.3, -0.25) is 9.36 Å². The topological polar surface area (TPSA) is 29.7 Å². The number of aromatic nitrogens is 1. The van der Waals surface area contributed by atoms with Crippen LogP contribution in [0.15, 0.2) is 54.6 Å². The molecular formula is C25H30N3O+. The number of carbonyl (C=O) groups excluding carboxylic acids is 1. The first-order valence-electron chi connectivity index (χ1n) is 11.0. The third-order valence-corrected chi connectivity index (χ3v) is 6.76. The number of quaternary nitrogens is 1. The van der Waals surface area contributed by atoms with Crippen molar-refractivity contribution in [2.75, 3.05) is 37.6 Å². The van der Waals surface area contributed by atoms with Gasteiger partial charge in [0.1, 0.15) is 0 Å². The van der Waals surface area contributed by atoms with E-state index in [9.17, 15) is 4.79 Å². The van der Waals surface area contributed by atoms with E-state index in [1.807, 2.05) is 0 Å². The molecule has 0 radical (unpaired) electrons. The number of piperazine rings is 1. The fraction of sp³-hybridized carbons (Fsp3) is 0.400. The van der Waals surface area contributed by atoms with Crippen LogP contribution in [0.1, 0.15) is 29.4 Å². The van der Waals surface area contributed by atoms with Gasteiger partial charge in [-0.05, 0) is 48.9 Å². The quantitative estimate of drug-likeness (QED) is 0.748. The Morgan fingerprint density at radius 2 is 1.76 bits per heavy atom. The molecule has 1 aliphatic carbocycles. The third-order valence-electron chi connectivity index (χ3n) is 6.76. The standard InChI is InChI=1S/C25H29N3O/c1-19-11-12-24-22(17-19)21-9-5-6-10-23(21)28(24)25(29)18-26-13-15-27(16-14-26)20-7-3-2-4-8-20/h2-10,19H,11-18H2,1H3/p+1/t19-/m0/s1. The Hall–Kier alpha value is -2.59. The maximum absolute atomic E-state index is 13.4. The number of nitrogens with zero attached hydrogens (tertiary/aromatic N) is 2. The van der Waals surface area contributed by atoms with E-state index in [-0.39, 0.29) is 5.91 Å². The van der Waals surface area contributed by atoms with Gasteiger partial charge in [0.2, 0.25) is 0 Å². The van der Waals surface area contributed by atoms with E-state index in [1.165, 1.54) is 33.7 Å². The highest BCUT2D eigenvalue weighted by atomic mass is 16.2. The molecule has 2 heterocycles. The van der Waals surface area contributed by atoms with E-state index in [0.717, 1.165) is 44.5 Å². The molecule has 2 aliphatic rings. The van der Waals surface area contributed by atoms with E-state index in [4.69, 9.17) is 0 Å². The summed E-state index contributed by atoms with van der Waals surface area (Å²) in [5.41, 5.74) is 5.09. The number of benzene rings is 2. The smallest absolute Gasteiger partial charge is 0.286 e. The van der Waals surface area contributed by atoms with E-state index < -0.39 is 0 Å². The first-order valence-corrected chi connectivity index (χ1v) is 11.0. The predicted octanol–water partition coefficient (Wildman–Crippen LogP) is 2.81. The molecule has 0 saturated carbocycles. The number of fused-ring (bicyclic) bond motifs is 3. The van der Waals surface area contributed by atoms with Gasteiger partial charge in [0.05, 0.1) is 31.7 Å². The second-order valence-electron chi connectivity index (χ2n) is 8.77. The van der Waals surface area contributed by atoms with Gasteiger partial charge in [0, 0.05) is 16.8 Å². The molecule has 0 unspecified atom stereocenters. The van der Waals surface area contributed by atoms with Gasteiger partial charge in [-0.1, -0.05) is 43.3 Å². The Bertz CT molecular complexity index is 1020. The Kier molecular flexibility index (Phi) is 4.88. The van der Waals surface area contributed by atoms with Gasteiger partial charge < -0.3 is 9.80 Å². The molecule has 1 atom stereocenters. The third kappa shape index (κ3) is 3.46. The van der Waals surface area contributed by atoms with Gasteiger partial charge in [-0.25, -0.2) is 0 Å². The SMILES string of the molecule is C[C@H]1CCc2c(c3ccccc3n2C(=O)C[NH+]2CCN(c3ccccc3)CC2)C1. The van der Waals surface area contributed by atoms with Crippen molar-refractivity contribution in [3.63, 3.8) is 0 Å². The number of carbonyl (C=O) groups is 1. The average Bonchev–Trinajstić information content (AvgIpc) is 3.09. The van der Waals surface area contributed by atoms with E-state index in [2.05, 4.69) is 71.0 Å². The Labute approximate surface area is 172 Å². The van der Waals surface area contributed by atoms with Crippen LogP contribution in [0.25, 0.3) is 10.9 Å². The molecule has 0 spiro atoms. The van der Waals surface area contributed by atoms with Crippen molar-refractivity contribution >= 4 is 22.5 Å². The summed E-state index contributed by atoms with van der Waals surface area (Å²) < 4.78 is 2.06. The second kappa shape index (κ2) is 7.68. The van der Waals surface area contributed by atoms with Crippen LogP contribution >= 0.6 is 0 Å². The molecule has 4 heteroatoms. The minimum atomic E-state index is 0.264. The van der Waals surface area contributed by atoms with E-state index in [1.54, 1.807) is 0 Å². The van der Waals surface area contributed by atoms with Crippen LogP contribution < -0.4 is 9.80 Å². The molecule has 2 aromatic carbocycles.